The minimum absolute atomic E-state index is 0.106. The van der Waals surface area contributed by atoms with Gasteiger partial charge in [0.25, 0.3) is 5.56 Å². The number of H-pyrrole nitrogens is 1. The van der Waals surface area contributed by atoms with Crippen LogP contribution in [0, 0.1) is 0 Å². The van der Waals surface area contributed by atoms with Crippen LogP contribution in [0.5, 0.6) is 0 Å². The van der Waals surface area contributed by atoms with Crippen molar-refractivity contribution in [2.45, 2.75) is 6.54 Å². The predicted octanol–water partition coefficient (Wildman–Crippen LogP) is -0.0513. The van der Waals surface area contributed by atoms with E-state index in [1.165, 1.54) is 29.6 Å². The van der Waals surface area contributed by atoms with E-state index in [1.54, 1.807) is 18.3 Å². The fourth-order valence-corrected chi connectivity index (χ4v) is 2.89. The third-order valence-electron chi connectivity index (χ3n) is 4.26. The summed E-state index contributed by atoms with van der Waals surface area (Å²) in [7, 11) is 2.92. The number of aromatic amines is 1. The molecule has 0 saturated carbocycles. The van der Waals surface area contributed by atoms with Crippen LogP contribution in [0.1, 0.15) is 0 Å². The largest absolute Gasteiger partial charge is 0.332 e. The molecule has 0 saturated heterocycles. The highest BCUT2D eigenvalue weighted by Gasteiger charge is 2.16. The van der Waals surface area contributed by atoms with Gasteiger partial charge in [-0.2, -0.15) is 5.10 Å². The first kappa shape index (κ1) is 15.8. The van der Waals surface area contributed by atoms with Gasteiger partial charge in [0, 0.05) is 25.2 Å². The number of fused-ring (bicyclic) bond motifs is 2. The fraction of sp³-hybridized carbons (Fsp3) is 0.188. The maximum absolute atomic E-state index is 12.4. The minimum Gasteiger partial charge on any atom is -0.324 e. The van der Waals surface area contributed by atoms with E-state index in [9.17, 15) is 14.4 Å². The molecule has 0 radical (unpaired) electrons. The highest BCUT2D eigenvalue weighted by Crippen LogP contribution is 2.16. The molecule has 3 heterocycles. The van der Waals surface area contributed by atoms with Gasteiger partial charge < -0.3 is 9.88 Å². The molecule has 4 aromatic rings. The van der Waals surface area contributed by atoms with Gasteiger partial charge in [-0.3, -0.25) is 23.8 Å². The van der Waals surface area contributed by atoms with Gasteiger partial charge in [0.1, 0.15) is 6.54 Å². The Morgan fingerprint density at radius 3 is 2.85 bits per heavy atom. The Bertz CT molecular complexity index is 1270. The number of carbonyl (C=O) groups is 1. The van der Waals surface area contributed by atoms with Crippen LogP contribution in [0.15, 0.2) is 40.3 Å². The Hall–Kier alpha value is -3.69. The number of anilines is 1. The van der Waals surface area contributed by atoms with Crippen molar-refractivity contribution in [3.05, 3.63) is 51.6 Å². The molecule has 132 valence electrons. The normalized spacial score (nSPS) is 11.3. The van der Waals surface area contributed by atoms with Crippen molar-refractivity contribution < 1.29 is 4.79 Å². The summed E-state index contributed by atoms with van der Waals surface area (Å²) in [6.45, 7) is -0.106. The highest BCUT2D eigenvalue weighted by atomic mass is 16.2. The zero-order chi connectivity index (χ0) is 18.4. The number of imidazole rings is 1. The Morgan fingerprint density at radius 2 is 2.04 bits per heavy atom. The topological polar surface area (TPSA) is 120 Å². The second-order valence-electron chi connectivity index (χ2n) is 5.97. The number of carbonyl (C=O) groups excluding carboxylic acids is 1. The first-order valence-electron chi connectivity index (χ1n) is 7.79. The van der Waals surface area contributed by atoms with Crippen LogP contribution in [0.3, 0.4) is 0 Å². The lowest BCUT2D eigenvalue weighted by atomic mass is 10.2. The Morgan fingerprint density at radius 1 is 1.23 bits per heavy atom. The Kier molecular flexibility index (Phi) is 3.46. The minimum atomic E-state index is -0.493. The van der Waals surface area contributed by atoms with Crippen LogP contribution in [0.25, 0.3) is 22.1 Å². The number of rotatable bonds is 3. The quantitative estimate of drug-likeness (QED) is 0.535. The van der Waals surface area contributed by atoms with E-state index in [1.807, 2.05) is 6.07 Å². The van der Waals surface area contributed by atoms with Crippen LogP contribution in [-0.2, 0) is 25.4 Å². The third kappa shape index (κ3) is 2.39. The third-order valence-corrected chi connectivity index (χ3v) is 4.26. The molecule has 0 unspecified atom stereocenters. The van der Waals surface area contributed by atoms with Crippen molar-refractivity contribution in [2.75, 3.05) is 5.32 Å². The van der Waals surface area contributed by atoms with Gasteiger partial charge in [0.05, 0.1) is 18.0 Å². The number of aromatic nitrogens is 6. The Labute approximate surface area is 145 Å². The van der Waals surface area contributed by atoms with Gasteiger partial charge in [-0.15, -0.1) is 0 Å². The zero-order valence-corrected chi connectivity index (χ0v) is 14.1. The zero-order valence-electron chi connectivity index (χ0n) is 14.1. The summed E-state index contributed by atoms with van der Waals surface area (Å²) in [6.07, 6.45) is 3.07. The number of aryl methyl sites for hydroxylation is 1. The average Bonchev–Trinajstić information content (AvgIpc) is 3.24. The summed E-state index contributed by atoms with van der Waals surface area (Å²) < 4.78 is 3.70. The van der Waals surface area contributed by atoms with Crippen LogP contribution in [0.2, 0.25) is 0 Å². The second kappa shape index (κ2) is 5.69. The lowest BCUT2D eigenvalue weighted by Crippen LogP contribution is -2.37. The summed E-state index contributed by atoms with van der Waals surface area (Å²) in [5, 5.41) is 10.5. The van der Waals surface area contributed by atoms with Crippen LogP contribution in [-0.4, -0.2) is 34.8 Å². The van der Waals surface area contributed by atoms with E-state index < -0.39 is 11.2 Å². The molecule has 1 aromatic carbocycles. The average molecular weight is 353 g/mol. The van der Waals surface area contributed by atoms with E-state index in [0.717, 1.165) is 15.5 Å². The summed E-state index contributed by atoms with van der Waals surface area (Å²) in [4.78, 5) is 40.8. The first-order chi connectivity index (χ1) is 12.5. The molecule has 3 aromatic heterocycles. The number of amides is 1. The highest BCUT2D eigenvalue weighted by molar-refractivity contribution is 5.93. The number of hydrogen-bond donors (Lipinski definition) is 2. The van der Waals surface area contributed by atoms with Crippen LogP contribution in [0.4, 0.5) is 5.69 Å². The molecule has 26 heavy (non-hydrogen) atoms. The molecule has 0 bridgehead atoms. The first-order valence-corrected chi connectivity index (χ1v) is 7.79. The molecule has 0 aliphatic carbocycles. The molecule has 0 aliphatic rings. The standard InChI is InChI=1S/C16H15N7O3/c1-21-14-13(15(25)22(2)16(21)26)23(8-17-14)7-12(24)19-10-4-3-9-6-18-20-11(9)5-10/h3-6,8H,7H2,1-2H3,(H,18,20)(H,19,24). The number of benzene rings is 1. The van der Waals surface area contributed by atoms with E-state index in [-0.39, 0.29) is 23.6 Å². The second-order valence-corrected chi connectivity index (χ2v) is 5.97. The monoisotopic (exact) mass is 353 g/mol. The molecule has 0 aliphatic heterocycles. The maximum Gasteiger partial charge on any atom is 0.332 e. The molecule has 0 spiro atoms. The molecule has 10 nitrogen and oxygen atoms in total. The van der Waals surface area contributed by atoms with Gasteiger partial charge in [0.2, 0.25) is 5.91 Å². The number of hydrogen-bond acceptors (Lipinski definition) is 5. The molecule has 2 N–H and O–H groups in total. The molecule has 10 heteroatoms. The number of nitrogens with zero attached hydrogens (tertiary/aromatic N) is 5. The van der Waals surface area contributed by atoms with E-state index in [4.69, 9.17) is 0 Å². The summed E-state index contributed by atoms with van der Waals surface area (Å²) in [5.41, 5.74) is 0.895. The molecule has 4 rings (SSSR count). The SMILES string of the molecule is Cn1c(=O)c2c(ncn2CC(=O)Nc2ccc3cn[nH]c3c2)n(C)c1=O. The van der Waals surface area contributed by atoms with Crippen molar-refractivity contribution in [1.29, 1.82) is 0 Å². The molecule has 0 fully saturated rings. The lowest BCUT2D eigenvalue weighted by molar-refractivity contribution is -0.116. The van der Waals surface area contributed by atoms with E-state index in [2.05, 4.69) is 20.5 Å². The summed E-state index contributed by atoms with van der Waals surface area (Å²) in [6, 6.07) is 5.38. The van der Waals surface area contributed by atoms with Gasteiger partial charge in [-0.1, -0.05) is 0 Å². The Balaban J connectivity index is 1.65. The molecular formula is C16H15N7O3. The van der Waals surface area contributed by atoms with E-state index in [0.29, 0.717) is 5.69 Å². The van der Waals surface area contributed by atoms with Crippen molar-refractivity contribution in [2.24, 2.45) is 14.1 Å². The molecule has 0 atom stereocenters. The summed E-state index contributed by atoms with van der Waals surface area (Å²) in [5.74, 6) is -0.320. The maximum atomic E-state index is 12.4. The van der Waals surface area contributed by atoms with Crippen molar-refractivity contribution in [1.82, 2.24) is 28.9 Å². The summed E-state index contributed by atoms with van der Waals surface area (Å²) >= 11 is 0. The van der Waals surface area contributed by atoms with Crippen LogP contribution >= 0.6 is 0 Å². The number of nitrogens with one attached hydrogen (secondary N) is 2. The van der Waals surface area contributed by atoms with Crippen molar-refractivity contribution >= 4 is 33.7 Å². The predicted molar refractivity (Wildman–Crippen MR) is 94.9 cm³/mol. The fourth-order valence-electron chi connectivity index (χ4n) is 2.89. The smallest absolute Gasteiger partial charge is 0.324 e. The van der Waals surface area contributed by atoms with Crippen molar-refractivity contribution in [3.8, 4) is 0 Å². The van der Waals surface area contributed by atoms with Gasteiger partial charge >= 0.3 is 5.69 Å². The molecular weight excluding hydrogens is 338 g/mol. The van der Waals surface area contributed by atoms with Crippen molar-refractivity contribution in [3.63, 3.8) is 0 Å². The van der Waals surface area contributed by atoms with E-state index >= 15 is 0 Å². The van der Waals surface area contributed by atoms with Gasteiger partial charge in [-0.25, -0.2) is 9.78 Å². The van der Waals surface area contributed by atoms with Gasteiger partial charge in [-0.05, 0) is 18.2 Å². The van der Waals surface area contributed by atoms with Crippen LogP contribution < -0.4 is 16.6 Å². The van der Waals surface area contributed by atoms with Gasteiger partial charge in [0.15, 0.2) is 11.2 Å². The lowest BCUT2D eigenvalue weighted by Gasteiger charge is -2.08. The molecule has 1 amide bonds.